The van der Waals surface area contributed by atoms with Crippen molar-refractivity contribution in [3.8, 4) is 11.8 Å². The minimum absolute atomic E-state index is 0.0289. The molecule has 1 rings (SSSR count). The van der Waals surface area contributed by atoms with Crippen molar-refractivity contribution in [1.82, 2.24) is 9.97 Å². The van der Waals surface area contributed by atoms with Crippen LogP contribution in [-0.2, 0) is 0 Å². The molecular formula is C7H8ClN3O3. The molecule has 14 heavy (non-hydrogen) atoms. The van der Waals surface area contributed by atoms with Crippen LogP contribution in [0.25, 0.3) is 0 Å². The van der Waals surface area contributed by atoms with Crippen molar-refractivity contribution in [2.75, 3.05) is 19.5 Å². The molecule has 0 spiro atoms. The molecule has 0 aliphatic heterocycles. The lowest BCUT2D eigenvalue weighted by Gasteiger charge is -2.05. The number of anilines is 1. The van der Waals surface area contributed by atoms with E-state index in [4.69, 9.17) is 21.1 Å². The lowest BCUT2D eigenvalue weighted by Crippen LogP contribution is -2.07. The maximum Gasteiger partial charge on any atom is 0.320 e. The third-order valence-corrected chi connectivity index (χ3v) is 1.40. The number of nitrogens with zero attached hydrogens (tertiary/aromatic N) is 2. The second kappa shape index (κ2) is 4.61. The summed E-state index contributed by atoms with van der Waals surface area (Å²) in [6.07, 6.45) is 0. The molecule has 1 aromatic heterocycles. The molecule has 0 unspecified atom stereocenters. The first kappa shape index (κ1) is 10.5. The van der Waals surface area contributed by atoms with Crippen molar-refractivity contribution in [2.24, 2.45) is 0 Å². The van der Waals surface area contributed by atoms with E-state index < -0.39 is 5.37 Å². The van der Waals surface area contributed by atoms with E-state index >= 15 is 0 Å². The maximum absolute atomic E-state index is 10.5. The lowest BCUT2D eigenvalue weighted by atomic mass is 10.6. The summed E-state index contributed by atoms with van der Waals surface area (Å²) in [7, 11) is 2.88. The van der Waals surface area contributed by atoms with Crippen molar-refractivity contribution in [2.45, 2.75) is 0 Å². The molecule has 1 amide bonds. The molecule has 1 aromatic rings. The van der Waals surface area contributed by atoms with Crippen molar-refractivity contribution in [1.29, 1.82) is 0 Å². The molecule has 6 nitrogen and oxygen atoms in total. The molecule has 0 saturated heterocycles. The number of amides is 1. The minimum Gasteiger partial charge on any atom is -0.481 e. The highest BCUT2D eigenvalue weighted by Gasteiger charge is 2.06. The number of ether oxygens (including phenoxy) is 2. The van der Waals surface area contributed by atoms with E-state index in [0.717, 1.165) is 0 Å². The first-order valence-corrected chi connectivity index (χ1v) is 3.97. The number of carbonyl (C=O) groups is 1. The van der Waals surface area contributed by atoms with Gasteiger partial charge in [-0.2, -0.15) is 9.97 Å². The summed E-state index contributed by atoms with van der Waals surface area (Å²) in [4.78, 5) is 18.1. The van der Waals surface area contributed by atoms with Gasteiger partial charge in [0.25, 0.3) is 0 Å². The zero-order valence-electron chi connectivity index (χ0n) is 7.57. The van der Waals surface area contributed by atoms with Crippen LogP contribution in [0.4, 0.5) is 10.7 Å². The molecular weight excluding hydrogens is 210 g/mol. The topological polar surface area (TPSA) is 73.3 Å². The van der Waals surface area contributed by atoms with Crippen LogP contribution in [0.5, 0.6) is 11.8 Å². The summed E-state index contributed by atoms with van der Waals surface area (Å²) in [5.74, 6) is 0.579. The van der Waals surface area contributed by atoms with Crippen LogP contribution in [0.1, 0.15) is 0 Å². The molecule has 0 bridgehead atoms. The number of hydrogen-bond acceptors (Lipinski definition) is 5. The van der Waals surface area contributed by atoms with Crippen molar-refractivity contribution in [3.63, 3.8) is 0 Å². The highest BCUT2D eigenvalue weighted by atomic mass is 35.5. The van der Waals surface area contributed by atoms with Crippen LogP contribution in [0.15, 0.2) is 6.07 Å². The summed E-state index contributed by atoms with van der Waals surface area (Å²) in [5, 5.41) is 1.42. The van der Waals surface area contributed by atoms with Gasteiger partial charge in [0.1, 0.15) is 0 Å². The largest absolute Gasteiger partial charge is 0.481 e. The van der Waals surface area contributed by atoms with E-state index in [1.165, 1.54) is 20.3 Å². The Labute approximate surface area is 85.2 Å². The molecule has 0 aliphatic carbocycles. The Morgan fingerprint density at radius 2 is 1.86 bits per heavy atom. The Hall–Kier alpha value is -1.56. The number of hydrogen-bond donors (Lipinski definition) is 1. The second-order valence-corrected chi connectivity index (χ2v) is 2.52. The predicted octanol–water partition coefficient (Wildman–Crippen LogP) is 1.26. The van der Waals surface area contributed by atoms with Crippen molar-refractivity contribution in [3.05, 3.63) is 6.07 Å². The van der Waals surface area contributed by atoms with Crippen LogP contribution >= 0.6 is 11.6 Å². The van der Waals surface area contributed by atoms with Gasteiger partial charge < -0.3 is 9.47 Å². The molecule has 1 N–H and O–H groups in total. The van der Waals surface area contributed by atoms with Crippen LogP contribution in [0.3, 0.4) is 0 Å². The first-order chi connectivity index (χ1) is 6.65. The molecule has 76 valence electrons. The van der Waals surface area contributed by atoms with Gasteiger partial charge in [0.15, 0.2) is 0 Å². The zero-order chi connectivity index (χ0) is 10.6. The lowest BCUT2D eigenvalue weighted by molar-refractivity contribution is 0.268. The molecule has 0 aromatic carbocycles. The van der Waals surface area contributed by atoms with E-state index in [0.29, 0.717) is 0 Å². The Bertz CT molecular complexity index is 323. The van der Waals surface area contributed by atoms with Gasteiger partial charge in [-0.05, 0) is 11.6 Å². The second-order valence-electron chi connectivity index (χ2n) is 2.17. The Balaban J connectivity index is 2.98. The molecule has 0 fully saturated rings. The Morgan fingerprint density at radius 3 is 2.21 bits per heavy atom. The fourth-order valence-electron chi connectivity index (χ4n) is 0.757. The highest BCUT2D eigenvalue weighted by Crippen LogP contribution is 2.17. The van der Waals surface area contributed by atoms with Gasteiger partial charge in [0.05, 0.1) is 20.3 Å². The Kier molecular flexibility index (Phi) is 3.47. The van der Waals surface area contributed by atoms with Gasteiger partial charge in [-0.3, -0.25) is 10.1 Å². The first-order valence-electron chi connectivity index (χ1n) is 3.59. The molecule has 0 saturated carbocycles. The predicted molar refractivity (Wildman–Crippen MR) is 50.0 cm³/mol. The van der Waals surface area contributed by atoms with Crippen LogP contribution in [0.2, 0.25) is 0 Å². The summed E-state index contributed by atoms with van der Waals surface area (Å²) >= 11 is 5.09. The van der Waals surface area contributed by atoms with Gasteiger partial charge in [-0.1, -0.05) is 0 Å². The summed E-state index contributed by atoms with van der Waals surface area (Å²) in [6, 6.07) is 1.48. The monoisotopic (exact) mass is 217 g/mol. The smallest absolute Gasteiger partial charge is 0.320 e. The standard InChI is InChI=1S/C7H8ClN3O3/c1-13-4-3-5(14-2)10-7(9-4)11-6(8)12/h3H,1-2H3,(H,9,10,11,12). The number of halogens is 1. The van der Waals surface area contributed by atoms with Crippen molar-refractivity contribution >= 4 is 22.9 Å². The van der Waals surface area contributed by atoms with E-state index in [9.17, 15) is 4.79 Å². The number of aromatic nitrogens is 2. The van der Waals surface area contributed by atoms with Gasteiger partial charge in [0.2, 0.25) is 17.7 Å². The molecule has 0 atom stereocenters. The number of rotatable bonds is 3. The normalized spacial score (nSPS) is 9.36. The number of carbonyl (C=O) groups excluding carboxylic acids is 1. The number of nitrogens with one attached hydrogen (secondary N) is 1. The van der Waals surface area contributed by atoms with E-state index in [-0.39, 0.29) is 17.7 Å². The highest BCUT2D eigenvalue weighted by molar-refractivity contribution is 6.65. The average Bonchev–Trinajstić information content (AvgIpc) is 2.16. The molecule has 1 heterocycles. The van der Waals surface area contributed by atoms with E-state index in [1.54, 1.807) is 0 Å². The SMILES string of the molecule is COc1cc(OC)nc(NC(=O)Cl)n1. The third kappa shape index (κ3) is 2.74. The third-order valence-electron chi connectivity index (χ3n) is 1.31. The quantitative estimate of drug-likeness (QED) is 0.610. The molecule has 7 heteroatoms. The summed E-state index contributed by atoms with van der Waals surface area (Å²) in [6.45, 7) is 0. The van der Waals surface area contributed by atoms with Crippen LogP contribution in [-0.4, -0.2) is 29.6 Å². The number of methoxy groups -OCH3 is 2. The summed E-state index contributed by atoms with van der Waals surface area (Å²) in [5.41, 5.74) is 0. The van der Waals surface area contributed by atoms with Gasteiger partial charge in [0, 0.05) is 0 Å². The van der Waals surface area contributed by atoms with Gasteiger partial charge in [-0.25, -0.2) is 0 Å². The summed E-state index contributed by atoms with van der Waals surface area (Å²) < 4.78 is 9.71. The average molecular weight is 218 g/mol. The van der Waals surface area contributed by atoms with E-state index in [1.807, 2.05) is 0 Å². The van der Waals surface area contributed by atoms with Crippen LogP contribution in [0, 0.1) is 0 Å². The molecule has 0 radical (unpaired) electrons. The fourth-order valence-corrected chi connectivity index (χ4v) is 0.841. The molecule has 0 aliphatic rings. The van der Waals surface area contributed by atoms with Crippen molar-refractivity contribution < 1.29 is 14.3 Å². The van der Waals surface area contributed by atoms with E-state index in [2.05, 4.69) is 15.3 Å². The van der Waals surface area contributed by atoms with Gasteiger partial charge >= 0.3 is 5.37 Å². The van der Waals surface area contributed by atoms with Crippen LogP contribution < -0.4 is 14.8 Å². The minimum atomic E-state index is -0.777. The fraction of sp³-hybridized carbons (Fsp3) is 0.286. The van der Waals surface area contributed by atoms with Gasteiger partial charge in [-0.15, -0.1) is 0 Å². The zero-order valence-corrected chi connectivity index (χ0v) is 8.33. The maximum atomic E-state index is 10.5. The Morgan fingerprint density at radius 1 is 1.36 bits per heavy atom.